The van der Waals surface area contributed by atoms with Crippen LogP contribution in [0.25, 0.3) is 0 Å². The van der Waals surface area contributed by atoms with E-state index < -0.39 is 0 Å². The van der Waals surface area contributed by atoms with Crippen LogP contribution < -0.4 is 14.8 Å². The third-order valence-electron chi connectivity index (χ3n) is 3.20. The molecule has 4 heteroatoms. The van der Waals surface area contributed by atoms with E-state index in [1.54, 1.807) is 14.2 Å². The summed E-state index contributed by atoms with van der Waals surface area (Å²) >= 11 is 2.06. The van der Waals surface area contributed by atoms with E-state index in [-0.39, 0.29) is 0 Å². The summed E-state index contributed by atoms with van der Waals surface area (Å²) in [4.78, 5) is 0. The van der Waals surface area contributed by atoms with Crippen LogP contribution in [0, 0.1) is 5.92 Å². The maximum atomic E-state index is 5.27. The number of benzene rings is 1. The average Bonchev–Trinajstić information content (AvgIpc) is 2.91. The van der Waals surface area contributed by atoms with Gasteiger partial charge in [0.25, 0.3) is 0 Å². The molecule has 3 nitrogen and oxygen atoms in total. The molecule has 0 bridgehead atoms. The van der Waals surface area contributed by atoms with Gasteiger partial charge >= 0.3 is 0 Å². The molecule has 1 heterocycles. The fourth-order valence-corrected chi connectivity index (χ4v) is 3.42. The van der Waals surface area contributed by atoms with Crippen molar-refractivity contribution in [3.05, 3.63) is 23.8 Å². The van der Waals surface area contributed by atoms with Gasteiger partial charge in [0, 0.05) is 12.6 Å². The van der Waals surface area contributed by atoms with Crippen molar-refractivity contribution < 1.29 is 9.47 Å². The molecule has 1 fully saturated rings. The van der Waals surface area contributed by atoms with Crippen molar-refractivity contribution in [1.29, 1.82) is 0 Å². The molecule has 0 aromatic heterocycles. The van der Waals surface area contributed by atoms with Gasteiger partial charge in [0.05, 0.1) is 14.2 Å². The van der Waals surface area contributed by atoms with Crippen molar-refractivity contribution in [2.24, 2.45) is 5.92 Å². The van der Waals surface area contributed by atoms with Crippen LogP contribution in [0.1, 0.15) is 12.0 Å². The Morgan fingerprint density at radius 3 is 2.50 bits per heavy atom. The molecular weight excluding hydrogens is 246 g/mol. The van der Waals surface area contributed by atoms with E-state index in [0.29, 0.717) is 0 Å². The van der Waals surface area contributed by atoms with Crippen molar-refractivity contribution in [3.8, 4) is 11.5 Å². The molecule has 1 N–H and O–H groups in total. The number of thioether (sulfide) groups is 1. The number of methoxy groups -OCH3 is 2. The maximum Gasteiger partial charge on any atom is 0.122 e. The van der Waals surface area contributed by atoms with Gasteiger partial charge in [0.15, 0.2) is 0 Å². The van der Waals surface area contributed by atoms with Crippen LogP contribution in [0.5, 0.6) is 11.5 Å². The number of rotatable bonds is 6. The van der Waals surface area contributed by atoms with Gasteiger partial charge in [0.1, 0.15) is 11.5 Å². The van der Waals surface area contributed by atoms with Gasteiger partial charge in [-0.05, 0) is 48.1 Å². The van der Waals surface area contributed by atoms with Gasteiger partial charge in [0.2, 0.25) is 0 Å². The van der Waals surface area contributed by atoms with Crippen molar-refractivity contribution in [2.45, 2.75) is 13.0 Å². The Morgan fingerprint density at radius 1 is 1.22 bits per heavy atom. The molecule has 1 unspecified atom stereocenters. The normalized spacial score (nSPS) is 18.9. The second-order valence-corrected chi connectivity index (χ2v) is 5.73. The highest BCUT2D eigenvalue weighted by molar-refractivity contribution is 7.99. The summed E-state index contributed by atoms with van der Waals surface area (Å²) in [6.07, 6.45) is 1.35. The first kappa shape index (κ1) is 13.6. The summed E-state index contributed by atoms with van der Waals surface area (Å²) in [5.41, 5.74) is 1.21. The van der Waals surface area contributed by atoms with E-state index in [2.05, 4.69) is 29.2 Å². The van der Waals surface area contributed by atoms with Crippen molar-refractivity contribution in [1.82, 2.24) is 5.32 Å². The number of hydrogen-bond acceptors (Lipinski definition) is 4. The summed E-state index contributed by atoms with van der Waals surface area (Å²) < 4.78 is 10.5. The van der Waals surface area contributed by atoms with Gasteiger partial charge in [-0.3, -0.25) is 0 Å². The summed E-state index contributed by atoms with van der Waals surface area (Å²) in [5.74, 6) is 5.15. The molecule has 0 spiro atoms. The Morgan fingerprint density at radius 2 is 1.94 bits per heavy atom. The first-order valence-electron chi connectivity index (χ1n) is 6.32. The highest BCUT2D eigenvalue weighted by Crippen LogP contribution is 2.24. The minimum absolute atomic E-state index is 0.836. The van der Waals surface area contributed by atoms with Crippen LogP contribution in [0.4, 0.5) is 0 Å². The standard InChI is InChI=1S/C14H21NO2S/c1-16-13-5-12(6-14(7-13)17-2)9-15-8-11-3-4-18-10-11/h5-7,11,15H,3-4,8-10H2,1-2H3. The Labute approximate surface area is 113 Å². The zero-order valence-corrected chi connectivity index (χ0v) is 11.9. The lowest BCUT2D eigenvalue weighted by molar-refractivity contribution is 0.393. The summed E-state index contributed by atoms with van der Waals surface area (Å²) in [7, 11) is 3.36. The Balaban J connectivity index is 1.87. The predicted octanol–water partition coefficient (Wildman–Crippen LogP) is 2.55. The Hall–Kier alpha value is -0.870. The van der Waals surface area contributed by atoms with Crippen molar-refractivity contribution in [2.75, 3.05) is 32.3 Å². The third kappa shape index (κ3) is 3.82. The first-order chi connectivity index (χ1) is 8.81. The van der Waals surface area contributed by atoms with Gasteiger partial charge in [-0.25, -0.2) is 0 Å². The minimum atomic E-state index is 0.836. The molecule has 0 radical (unpaired) electrons. The first-order valence-corrected chi connectivity index (χ1v) is 7.47. The second kappa shape index (κ2) is 6.90. The molecular formula is C14H21NO2S. The highest BCUT2D eigenvalue weighted by atomic mass is 32.2. The zero-order valence-electron chi connectivity index (χ0n) is 11.1. The van der Waals surface area contributed by atoms with Gasteiger partial charge in [-0.1, -0.05) is 0 Å². The molecule has 1 aromatic rings. The summed E-state index contributed by atoms with van der Waals surface area (Å²) in [6.45, 7) is 1.97. The molecule has 0 amide bonds. The molecule has 1 atom stereocenters. The lowest BCUT2D eigenvalue weighted by atomic mass is 10.1. The molecule has 0 aliphatic carbocycles. The van der Waals surface area contributed by atoms with Crippen LogP contribution in [0.15, 0.2) is 18.2 Å². The van der Waals surface area contributed by atoms with E-state index >= 15 is 0 Å². The van der Waals surface area contributed by atoms with Crippen LogP contribution in [0.3, 0.4) is 0 Å². The number of hydrogen-bond donors (Lipinski definition) is 1. The average molecular weight is 267 g/mol. The van der Waals surface area contributed by atoms with Gasteiger partial charge in [-0.15, -0.1) is 0 Å². The SMILES string of the molecule is COc1cc(CNCC2CCSC2)cc(OC)c1. The van der Waals surface area contributed by atoms with Crippen molar-refractivity contribution in [3.63, 3.8) is 0 Å². The quantitative estimate of drug-likeness (QED) is 0.858. The monoisotopic (exact) mass is 267 g/mol. The largest absolute Gasteiger partial charge is 0.497 e. The Bertz CT molecular complexity index is 356. The van der Waals surface area contributed by atoms with E-state index in [9.17, 15) is 0 Å². The molecule has 1 aliphatic heterocycles. The molecule has 1 saturated heterocycles. The van der Waals surface area contributed by atoms with E-state index in [1.807, 2.05) is 6.07 Å². The van der Waals surface area contributed by atoms with E-state index in [0.717, 1.165) is 30.5 Å². The van der Waals surface area contributed by atoms with Crippen LogP contribution in [0.2, 0.25) is 0 Å². The van der Waals surface area contributed by atoms with Crippen LogP contribution in [-0.2, 0) is 6.54 Å². The van der Waals surface area contributed by atoms with Crippen LogP contribution >= 0.6 is 11.8 Å². The molecule has 18 heavy (non-hydrogen) atoms. The van der Waals surface area contributed by atoms with Crippen LogP contribution in [-0.4, -0.2) is 32.3 Å². The molecule has 1 aliphatic rings. The summed E-state index contributed by atoms with van der Waals surface area (Å²) in [6, 6.07) is 6.01. The van der Waals surface area contributed by atoms with Crippen molar-refractivity contribution >= 4 is 11.8 Å². The fraction of sp³-hybridized carbons (Fsp3) is 0.571. The minimum Gasteiger partial charge on any atom is -0.497 e. The predicted molar refractivity (Wildman–Crippen MR) is 76.7 cm³/mol. The zero-order chi connectivity index (χ0) is 12.8. The van der Waals surface area contributed by atoms with E-state index in [1.165, 1.54) is 23.5 Å². The van der Waals surface area contributed by atoms with Gasteiger partial charge < -0.3 is 14.8 Å². The Kier molecular flexibility index (Phi) is 5.20. The smallest absolute Gasteiger partial charge is 0.122 e. The molecule has 2 rings (SSSR count). The van der Waals surface area contributed by atoms with Gasteiger partial charge in [-0.2, -0.15) is 11.8 Å². The number of ether oxygens (including phenoxy) is 2. The lowest BCUT2D eigenvalue weighted by Gasteiger charge is -2.12. The third-order valence-corrected chi connectivity index (χ3v) is 4.43. The summed E-state index contributed by atoms with van der Waals surface area (Å²) in [5, 5.41) is 3.52. The molecule has 100 valence electrons. The van der Waals surface area contributed by atoms with E-state index in [4.69, 9.17) is 9.47 Å². The molecule has 0 saturated carbocycles. The second-order valence-electron chi connectivity index (χ2n) is 4.58. The fourth-order valence-electron chi connectivity index (χ4n) is 2.13. The lowest BCUT2D eigenvalue weighted by Crippen LogP contribution is -2.22. The maximum absolute atomic E-state index is 5.27. The number of nitrogens with one attached hydrogen (secondary N) is 1. The topological polar surface area (TPSA) is 30.5 Å². The molecule has 1 aromatic carbocycles. The highest BCUT2D eigenvalue weighted by Gasteiger charge is 2.14.